The van der Waals surface area contributed by atoms with Gasteiger partial charge in [-0.15, -0.1) is 0 Å². The van der Waals surface area contributed by atoms with Gasteiger partial charge in [0.15, 0.2) is 0 Å². The van der Waals surface area contributed by atoms with E-state index in [1.807, 2.05) is 0 Å². The molecule has 5 nitrogen and oxygen atoms in total. The zero-order valence-corrected chi connectivity index (χ0v) is 80.8. The van der Waals surface area contributed by atoms with E-state index in [0.717, 1.165) is 22.4 Å². The molecule has 21 aromatic carbocycles. The highest BCUT2D eigenvalue weighted by Crippen LogP contribution is 2.49. The summed E-state index contributed by atoms with van der Waals surface area (Å²) in [4.78, 5) is 0. The largest absolute Gasteiger partial charge is 0.308 e. The number of rotatable bonds is 6. The summed E-state index contributed by atoms with van der Waals surface area (Å²) in [6, 6.07) is 162. The molecule has 0 amide bonds. The summed E-state index contributed by atoms with van der Waals surface area (Å²) in [6.45, 7) is 0. The van der Waals surface area contributed by atoms with E-state index in [4.69, 9.17) is 0 Å². The summed E-state index contributed by atoms with van der Waals surface area (Å²) in [5.41, 5.74) is 34.2. The van der Waals surface area contributed by atoms with Crippen molar-refractivity contribution in [1.82, 2.24) is 22.0 Å². The average molecular weight is 2060 g/mol. The second-order valence-corrected chi connectivity index (χ2v) is 40.0. The molecule has 0 saturated heterocycles. The number of fused-ring (bicyclic) bond motifs is 30. The highest BCUT2D eigenvalue weighted by molar-refractivity contribution is 9.11. The molecule has 0 radical (unpaired) electrons. The Kier molecular flexibility index (Phi) is 19.1. The molecule has 0 saturated carbocycles. The van der Waals surface area contributed by atoms with Crippen LogP contribution in [0.25, 0.3) is 257 Å². The monoisotopic (exact) mass is 2050 g/mol. The van der Waals surface area contributed by atoms with Crippen molar-refractivity contribution >= 4 is 270 Å². The number of para-hydroxylation sites is 9. The normalized spacial score (nSPS) is 12.0. The molecular weight excluding hydrogens is 1980 g/mol. The third kappa shape index (κ3) is 12.7. The van der Waals surface area contributed by atoms with Gasteiger partial charge in [-0.1, -0.05) is 395 Å². The first-order valence-corrected chi connectivity index (χ1v) is 49.8. The minimum absolute atomic E-state index is 1.10. The van der Waals surface area contributed by atoms with Gasteiger partial charge in [-0.25, -0.2) is 0 Å². The van der Waals surface area contributed by atoms with E-state index >= 15 is 0 Å². The van der Waals surface area contributed by atoms with Gasteiger partial charge in [-0.3, -0.25) is 0 Å². The third-order valence-electron chi connectivity index (χ3n) is 28.2. The van der Waals surface area contributed by atoms with Crippen molar-refractivity contribution in [1.29, 1.82) is 0 Å². The van der Waals surface area contributed by atoms with Crippen molar-refractivity contribution in [2.45, 2.75) is 0 Å². The van der Waals surface area contributed by atoms with Gasteiger partial charge in [0.05, 0.1) is 82.8 Å². The van der Waals surface area contributed by atoms with E-state index in [-0.39, 0.29) is 0 Å². The van der Waals surface area contributed by atoms with E-state index in [1.165, 1.54) is 257 Å². The molecule has 638 valence electrons. The third-order valence-corrected chi connectivity index (χ3v) is 31.0. The van der Waals surface area contributed by atoms with Crippen LogP contribution in [0.4, 0.5) is 0 Å². The molecule has 0 bridgehead atoms. The smallest absolute Gasteiger partial charge is 0.0620 e. The summed E-state index contributed by atoms with van der Waals surface area (Å²) in [7, 11) is 0. The molecule has 0 aliphatic carbocycles. The molecule has 10 heteroatoms. The zero-order valence-electron chi connectivity index (χ0n) is 72.8. The summed E-state index contributed by atoms with van der Waals surface area (Å²) in [6.07, 6.45) is 0. The minimum atomic E-state index is 1.10. The Labute approximate surface area is 822 Å². The maximum absolute atomic E-state index is 3.70. The maximum Gasteiger partial charge on any atom is 0.0620 e. The van der Waals surface area contributed by atoms with E-state index in [0.29, 0.717) is 0 Å². The second-order valence-electron chi connectivity index (χ2n) is 35.5. The van der Waals surface area contributed by atoms with Crippen LogP contribution in [0.5, 0.6) is 0 Å². The van der Waals surface area contributed by atoms with Crippen LogP contribution >= 0.6 is 79.6 Å². The Morgan fingerprint density at radius 3 is 0.662 bits per heavy atom. The first-order valence-electron chi connectivity index (χ1n) is 45.8. The maximum atomic E-state index is 3.70. The fraction of sp³-hybridized carbons (Fsp3) is 0. The molecule has 31 rings (SSSR count). The van der Waals surface area contributed by atoms with Crippen molar-refractivity contribution in [3.63, 3.8) is 0 Å². The predicted octanol–water partition coefficient (Wildman–Crippen LogP) is 38.0. The van der Waals surface area contributed by atoms with Crippen LogP contribution in [0.2, 0.25) is 0 Å². The molecular formula is C126H74Br5N5. The van der Waals surface area contributed by atoms with Gasteiger partial charge < -0.3 is 22.0 Å². The lowest BCUT2D eigenvalue weighted by molar-refractivity contribution is 1.37. The van der Waals surface area contributed by atoms with Crippen LogP contribution in [0, 0.1) is 0 Å². The minimum Gasteiger partial charge on any atom is -0.308 e. The molecule has 0 fully saturated rings. The SMILES string of the molecule is Brc1cccc(-c2ccc3c(c2)c2cccc4c5cc(-c6ccccc6)ccc5n3c42)c1.Brc1cccc(-c2ccc3c(c2)c2cccc4c5ccccc5n3c42)c1.Brc1cccc(-c2ccc3c4cccc5c6ccccc6n(c3c2)c54)c1.Brc1ccccc1-c1ccc2c(c1)c1cccc3c4ccccc4n2c31.Brc1ccccc1-c1ccc2c3cccc4c5ccccc5n(c2c1)c43. The first-order chi connectivity index (χ1) is 67.0. The lowest BCUT2D eigenvalue weighted by Crippen LogP contribution is -1.83. The first kappa shape index (κ1) is 80.7. The molecule has 0 unspecified atom stereocenters. The molecule has 31 aromatic rings. The predicted molar refractivity (Wildman–Crippen MR) is 597 cm³/mol. The lowest BCUT2D eigenvalue weighted by Gasteiger charge is -2.06. The van der Waals surface area contributed by atoms with Crippen LogP contribution in [0.3, 0.4) is 0 Å². The highest BCUT2D eigenvalue weighted by Gasteiger charge is 2.25. The molecule has 0 aliphatic heterocycles. The number of benzene rings is 21. The summed E-state index contributed by atoms with van der Waals surface area (Å²) >= 11 is 18.2. The zero-order chi connectivity index (χ0) is 90.2. The molecule has 0 aliphatic rings. The Hall–Kier alpha value is -15.0. The van der Waals surface area contributed by atoms with E-state index in [1.54, 1.807) is 0 Å². The Morgan fingerprint density at radius 1 is 0.118 bits per heavy atom. The lowest BCUT2D eigenvalue weighted by atomic mass is 10.0. The van der Waals surface area contributed by atoms with Crippen LogP contribution in [0.1, 0.15) is 0 Å². The molecule has 0 N–H and O–H groups in total. The van der Waals surface area contributed by atoms with Crippen molar-refractivity contribution in [2.24, 2.45) is 0 Å². The van der Waals surface area contributed by atoms with Gasteiger partial charge in [0.2, 0.25) is 0 Å². The van der Waals surface area contributed by atoms with Gasteiger partial charge in [0, 0.05) is 130 Å². The molecule has 136 heavy (non-hydrogen) atoms. The van der Waals surface area contributed by atoms with Crippen LogP contribution in [-0.4, -0.2) is 22.0 Å². The van der Waals surface area contributed by atoms with Crippen molar-refractivity contribution in [3.05, 3.63) is 471 Å². The van der Waals surface area contributed by atoms with Crippen LogP contribution in [-0.2, 0) is 0 Å². The van der Waals surface area contributed by atoms with Crippen LogP contribution < -0.4 is 0 Å². The van der Waals surface area contributed by atoms with E-state index < -0.39 is 0 Å². The van der Waals surface area contributed by atoms with Crippen LogP contribution in [0.15, 0.2) is 471 Å². The van der Waals surface area contributed by atoms with Crippen molar-refractivity contribution in [3.8, 4) is 66.8 Å². The number of halogens is 5. The molecule has 10 aromatic heterocycles. The Balaban J connectivity index is 0.0000000864. The van der Waals surface area contributed by atoms with Crippen molar-refractivity contribution < 1.29 is 0 Å². The summed E-state index contributed by atoms with van der Waals surface area (Å²) in [5, 5.41) is 26.4. The average Bonchev–Trinajstić information content (AvgIpc) is 1.58. The standard InChI is InChI=1S/C30H18BrN.4C24H14BrN/c31-23-9-4-8-20(16-23)22-13-15-29-27(18-22)25-11-5-10-24-26-17-21(19-6-2-1-3-7-19)12-14-28(26)32(29)30(24)25;25-21-10-3-1-6-16(21)15-12-13-18-20-9-5-8-19-17-7-2-4-11-22(17)26(24(19)20)23(18)14-15;25-21-10-3-1-6-16(21)15-12-13-23-20(14-15)19-9-5-8-18-17-7-2-4-11-22(17)26(23)24(18)19;25-17-6-3-5-15(13-17)16-11-12-19-21-9-4-8-20-18-7-1-2-10-22(18)26(24(20)21)23(19)14-16;25-17-6-3-5-15(13-17)16-11-12-23-21(14-16)20-9-4-8-19-18-7-1-2-10-22(18)26(23)24(19)20/h1-18H;4*1-14H. The van der Waals surface area contributed by atoms with Gasteiger partial charge in [-0.2, -0.15) is 0 Å². The fourth-order valence-corrected chi connectivity index (χ4v) is 24.5. The quantitative estimate of drug-likeness (QED) is 0.158. The molecule has 10 heterocycles. The number of nitrogens with zero attached hydrogens (tertiary/aromatic N) is 5. The number of aromatic nitrogens is 5. The van der Waals surface area contributed by atoms with Gasteiger partial charge in [-0.05, 0) is 200 Å². The molecule has 0 atom stereocenters. The van der Waals surface area contributed by atoms with E-state index in [2.05, 4.69) is 551 Å². The summed E-state index contributed by atoms with van der Waals surface area (Å²) in [5.74, 6) is 0. The van der Waals surface area contributed by atoms with E-state index in [9.17, 15) is 0 Å². The molecule has 0 spiro atoms. The Bertz CT molecular complexity index is 10200. The second kappa shape index (κ2) is 32.1. The topological polar surface area (TPSA) is 22.1 Å². The number of hydrogen-bond acceptors (Lipinski definition) is 0. The summed E-state index contributed by atoms with van der Waals surface area (Å²) < 4.78 is 17.7. The fourth-order valence-electron chi connectivity index (χ4n) is 22.3. The number of hydrogen-bond donors (Lipinski definition) is 0. The highest BCUT2D eigenvalue weighted by atomic mass is 79.9. The van der Waals surface area contributed by atoms with Crippen molar-refractivity contribution in [2.75, 3.05) is 0 Å². The van der Waals surface area contributed by atoms with Gasteiger partial charge in [0.25, 0.3) is 0 Å². The van der Waals surface area contributed by atoms with Gasteiger partial charge >= 0.3 is 0 Å². The van der Waals surface area contributed by atoms with Gasteiger partial charge in [0.1, 0.15) is 0 Å². The Morgan fingerprint density at radius 2 is 0.324 bits per heavy atom.